The van der Waals surface area contributed by atoms with Crippen LogP contribution in [0, 0.1) is 5.41 Å². The summed E-state index contributed by atoms with van der Waals surface area (Å²) in [5.41, 5.74) is 5.09. The van der Waals surface area contributed by atoms with Crippen LogP contribution in [0.2, 0.25) is 0 Å². The number of nitrogens with two attached hydrogens (primary N) is 1. The van der Waals surface area contributed by atoms with Gasteiger partial charge in [-0.25, -0.2) is 0 Å². The van der Waals surface area contributed by atoms with Crippen LogP contribution in [0.5, 0.6) is 0 Å². The molecule has 6 heteroatoms. The summed E-state index contributed by atoms with van der Waals surface area (Å²) in [6.07, 6.45) is 2.92. The Morgan fingerprint density at radius 1 is 1.14 bits per heavy atom. The average molecular weight is 298 g/mol. The van der Waals surface area contributed by atoms with Crippen molar-refractivity contribution in [3.63, 3.8) is 0 Å². The highest BCUT2D eigenvalue weighted by Crippen LogP contribution is 2.33. The maximum absolute atomic E-state index is 13.0. The summed E-state index contributed by atoms with van der Waals surface area (Å²) >= 11 is 0. The summed E-state index contributed by atoms with van der Waals surface area (Å²) < 4.78 is 0. The minimum Gasteiger partial charge on any atom is -0.409 e. The lowest BCUT2D eigenvalue weighted by Crippen LogP contribution is -2.56. The average Bonchev–Trinajstić information content (AvgIpc) is 2.53. The van der Waals surface area contributed by atoms with Crippen molar-refractivity contribution in [3.8, 4) is 0 Å². The van der Waals surface area contributed by atoms with Crippen molar-refractivity contribution in [2.24, 2.45) is 16.3 Å². The lowest BCUT2D eigenvalue weighted by atomic mass is 9.76. The predicted molar refractivity (Wildman–Crippen MR) is 84.4 cm³/mol. The first kappa shape index (κ1) is 17.8. The predicted octanol–water partition coefficient (Wildman–Crippen LogP) is 1.48. The molecule has 1 fully saturated rings. The van der Waals surface area contributed by atoms with Crippen molar-refractivity contribution in [2.75, 3.05) is 32.7 Å². The van der Waals surface area contributed by atoms with E-state index < -0.39 is 5.41 Å². The van der Waals surface area contributed by atoms with Crippen molar-refractivity contribution in [2.45, 2.75) is 46.5 Å². The maximum atomic E-state index is 13.0. The van der Waals surface area contributed by atoms with Gasteiger partial charge in [0.25, 0.3) is 0 Å². The number of carbonyl (C=O) groups is 1. The van der Waals surface area contributed by atoms with Crippen LogP contribution in [0.1, 0.15) is 46.5 Å². The third-order valence-electron chi connectivity index (χ3n) is 4.47. The number of amidine groups is 1. The van der Waals surface area contributed by atoms with Crippen LogP contribution in [0.4, 0.5) is 0 Å². The van der Waals surface area contributed by atoms with E-state index in [9.17, 15) is 4.79 Å². The van der Waals surface area contributed by atoms with Gasteiger partial charge >= 0.3 is 0 Å². The van der Waals surface area contributed by atoms with Gasteiger partial charge in [-0.15, -0.1) is 0 Å². The zero-order chi connectivity index (χ0) is 15.9. The largest absolute Gasteiger partial charge is 0.409 e. The number of piperazine rings is 1. The Hall–Kier alpha value is -1.30. The molecular formula is C15H30N4O2. The normalized spacial score (nSPS) is 18.0. The van der Waals surface area contributed by atoms with Crippen molar-refractivity contribution in [1.29, 1.82) is 0 Å². The van der Waals surface area contributed by atoms with Crippen molar-refractivity contribution in [3.05, 3.63) is 0 Å². The number of oxime groups is 1. The minimum atomic E-state index is -0.841. The maximum Gasteiger partial charge on any atom is 0.236 e. The first-order chi connectivity index (χ1) is 10.1. The molecule has 0 saturated carbocycles. The molecule has 1 saturated heterocycles. The van der Waals surface area contributed by atoms with Gasteiger partial charge in [0, 0.05) is 26.2 Å². The number of likely N-dealkylation sites (N-methyl/N-ethyl adjacent to an activating group) is 1. The molecule has 0 unspecified atom stereocenters. The summed E-state index contributed by atoms with van der Waals surface area (Å²) in [7, 11) is 0. The molecule has 0 spiro atoms. The van der Waals surface area contributed by atoms with Gasteiger partial charge in [-0.3, -0.25) is 4.79 Å². The molecule has 6 nitrogen and oxygen atoms in total. The van der Waals surface area contributed by atoms with E-state index in [1.165, 1.54) is 0 Å². The van der Waals surface area contributed by atoms with Gasteiger partial charge in [-0.1, -0.05) is 38.8 Å². The molecule has 0 aromatic heterocycles. The number of hydrogen-bond donors (Lipinski definition) is 2. The second-order valence-electron chi connectivity index (χ2n) is 5.79. The van der Waals surface area contributed by atoms with Crippen LogP contribution in [-0.4, -0.2) is 59.5 Å². The Kier molecular flexibility index (Phi) is 6.95. The summed E-state index contributed by atoms with van der Waals surface area (Å²) in [6, 6.07) is 0. The van der Waals surface area contributed by atoms with E-state index in [0.29, 0.717) is 12.8 Å². The van der Waals surface area contributed by atoms with E-state index in [0.717, 1.165) is 45.6 Å². The molecule has 0 aromatic carbocycles. The van der Waals surface area contributed by atoms with Crippen molar-refractivity contribution >= 4 is 11.7 Å². The summed E-state index contributed by atoms with van der Waals surface area (Å²) in [5, 5.41) is 12.3. The standard InChI is InChI=1S/C15H30N4O2/c1-4-7-15(8-5-2,13(16)17-21)14(20)19-11-9-18(6-3)10-12-19/h21H,4-12H2,1-3H3,(H2,16,17). The summed E-state index contributed by atoms with van der Waals surface area (Å²) in [5.74, 6) is 0.0892. The van der Waals surface area contributed by atoms with Gasteiger partial charge in [-0.2, -0.15) is 0 Å². The van der Waals surface area contributed by atoms with Crippen LogP contribution in [0.25, 0.3) is 0 Å². The van der Waals surface area contributed by atoms with Gasteiger partial charge in [0.2, 0.25) is 5.91 Å². The van der Waals surface area contributed by atoms with Gasteiger partial charge in [0.15, 0.2) is 5.84 Å². The van der Waals surface area contributed by atoms with Crippen LogP contribution in [0.15, 0.2) is 5.16 Å². The van der Waals surface area contributed by atoms with E-state index in [1.807, 2.05) is 18.7 Å². The molecule has 3 N–H and O–H groups in total. The highest BCUT2D eigenvalue weighted by molar-refractivity contribution is 6.06. The fraction of sp³-hybridized carbons (Fsp3) is 0.867. The SMILES string of the molecule is CCCC(CCC)(C(=O)N1CCN(CC)CC1)C(N)=NO. The van der Waals surface area contributed by atoms with Gasteiger partial charge in [0.1, 0.15) is 5.41 Å². The minimum absolute atomic E-state index is 0.0252. The number of rotatable bonds is 7. The monoisotopic (exact) mass is 298 g/mol. The Balaban J connectivity index is 2.94. The lowest BCUT2D eigenvalue weighted by Gasteiger charge is -2.40. The number of carbonyl (C=O) groups excluding carboxylic acids is 1. The van der Waals surface area contributed by atoms with Crippen molar-refractivity contribution < 1.29 is 10.0 Å². The fourth-order valence-corrected chi connectivity index (χ4v) is 3.22. The third kappa shape index (κ3) is 3.87. The van der Waals surface area contributed by atoms with E-state index in [-0.39, 0.29) is 11.7 Å². The van der Waals surface area contributed by atoms with E-state index in [2.05, 4.69) is 17.0 Å². The number of nitrogens with zero attached hydrogens (tertiary/aromatic N) is 3. The number of amides is 1. The van der Waals surface area contributed by atoms with Crippen LogP contribution in [0.3, 0.4) is 0 Å². The number of hydrogen-bond acceptors (Lipinski definition) is 4. The smallest absolute Gasteiger partial charge is 0.236 e. The molecule has 21 heavy (non-hydrogen) atoms. The molecule has 0 radical (unpaired) electrons. The Labute approximate surface area is 128 Å². The molecule has 1 amide bonds. The molecule has 1 heterocycles. The summed E-state index contributed by atoms with van der Waals surface area (Å²) in [4.78, 5) is 17.2. The topological polar surface area (TPSA) is 82.2 Å². The Morgan fingerprint density at radius 3 is 2.05 bits per heavy atom. The molecule has 1 rings (SSSR count). The quantitative estimate of drug-likeness (QED) is 0.323. The lowest BCUT2D eigenvalue weighted by molar-refractivity contribution is -0.141. The van der Waals surface area contributed by atoms with Gasteiger partial charge in [-0.05, 0) is 19.4 Å². The highest BCUT2D eigenvalue weighted by atomic mass is 16.4. The summed E-state index contributed by atoms with van der Waals surface area (Å²) in [6.45, 7) is 10.4. The molecule has 0 aliphatic carbocycles. The molecule has 0 bridgehead atoms. The Bertz CT molecular complexity index is 357. The van der Waals surface area contributed by atoms with Crippen LogP contribution in [-0.2, 0) is 4.79 Å². The van der Waals surface area contributed by atoms with E-state index >= 15 is 0 Å². The third-order valence-corrected chi connectivity index (χ3v) is 4.47. The molecule has 1 aliphatic rings. The zero-order valence-electron chi connectivity index (χ0n) is 13.6. The molecule has 122 valence electrons. The molecular weight excluding hydrogens is 268 g/mol. The fourth-order valence-electron chi connectivity index (χ4n) is 3.22. The highest BCUT2D eigenvalue weighted by Gasteiger charge is 2.44. The first-order valence-corrected chi connectivity index (χ1v) is 8.05. The van der Waals surface area contributed by atoms with E-state index in [1.54, 1.807) is 0 Å². The second-order valence-corrected chi connectivity index (χ2v) is 5.79. The van der Waals surface area contributed by atoms with Crippen molar-refractivity contribution in [1.82, 2.24) is 9.80 Å². The molecule has 0 atom stereocenters. The zero-order valence-corrected chi connectivity index (χ0v) is 13.6. The van der Waals surface area contributed by atoms with E-state index in [4.69, 9.17) is 10.9 Å². The van der Waals surface area contributed by atoms with Crippen LogP contribution < -0.4 is 5.73 Å². The van der Waals surface area contributed by atoms with Crippen LogP contribution >= 0.6 is 0 Å². The van der Waals surface area contributed by atoms with Gasteiger partial charge in [0.05, 0.1) is 0 Å². The Morgan fingerprint density at radius 2 is 1.67 bits per heavy atom. The first-order valence-electron chi connectivity index (χ1n) is 8.05. The molecule has 1 aliphatic heterocycles. The van der Waals surface area contributed by atoms with Gasteiger partial charge < -0.3 is 20.7 Å². The molecule has 0 aromatic rings. The second kappa shape index (κ2) is 8.22.